The molecule has 18 heavy (non-hydrogen) atoms. The van der Waals surface area contributed by atoms with Gasteiger partial charge in [0.25, 0.3) is 0 Å². The first kappa shape index (κ1) is 10.8. The van der Waals surface area contributed by atoms with Crippen molar-refractivity contribution in [1.82, 2.24) is 9.55 Å². The summed E-state index contributed by atoms with van der Waals surface area (Å²) in [5.74, 6) is 0.628. The van der Waals surface area contributed by atoms with Crippen molar-refractivity contribution in [2.45, 2.75) is 6.29 Å². The highest BCUT2D eigenvalue weighted by Gasteiger charge is 2.43. The third-order valence-corrected chi connectivity index (χ3v) is 2.53. The molecule has 0 aliphatic carbocycles. The van der Waals surface area contributed by atoms with Crippen LogP contribution in [0.15, 0.2) is 30.6 Å². The fourth-order valence-electron chi connectivity index (χ4n) is 1.78. The molecular formula is C11H9F2N3O2. The minimum absolute atomic E-state index is 0.00764. The minimum atomic E-state index is -3.60. The van der Waals surface area contributed by atoms with Crippen molar-refractivity contribution >= 4 is 5.95 Å². The predicted octanol–water partition coefficient (Wildman–Crippen LogP) is 2.24. The van der Waals surface area contributed by atoms with E-state index in [-0.39, 0.29) is 11.5 Å². The molecular weight excluding hydrogens is 244 g/mol. The molecule has 0 fully saturated rings. The van der Waals surface area contributed by atoms with Gasteiger partial charge < -0.3 is 14.8 Å². The number of alkyl halides is 2. The molecule has 1 aromatic carbocycles. The average molecular weight is 253 g/mol. The highest BCUT2D eigenvalue weighted by atomic mass is 19.3. The summed E-state index contributed by atoms with van der Waals surface area (Å²) in [5, 5.41) is 2.89. The number of fused-ring (bicyclic) bond motifs is 1. The van der Waals surface area contributed by atoms with Gasteiger partial charge in [-0.1, -0.05) is 0 Å². The maximum absolute atomic E-state index is 12.9. The third-order valence-electron chi connectivity index (χ3n) is 2.53. The van der Waals surface area contributed by atoms with Gasteiger partial charge in [0.15, 0.2) is 11.5 Å². The molecule has 0 atom stereocenters. The Morgan fingerprint density at radius 3 is 2.83 bits per heavy atom. The number of halogens is 2. The Labute approximate surface area is 101 Å². The van der Waals surface area contributed by atoms with Crippen LogP contribution in [-0.2, 0) is 0 Å². The molecule has 0 unspecified atom stereocenters. The van der Waals surface area contributed by atoms with E-state index < -0.39 is 6.29 Å². The van der Waals surface area contributed by atoms with Crippen LogP contribution < -0.4 is 14.8 Å². The summed E-state index contributed by atoms with van der Waals surface area (Å²) in [6.45, 7) is 0. The molecule has 5 nitrogen and oxygen atoms in total. The predicted molar refractivity (Wildman–Crippen MR) is 59.3 cm³/mol. The summed E-state index contributed by atoms with van der Waals surface area (Å²) in [4.78, 5) is 4.06. The number of benzene rings is 1. The van der Waals surface area contributed by atoms with Crippen LogP contribution in [0, 0.1) is 0 Å². The fraction of sp³-hybridized carbons (Fsp3) is 0.182. The van der Waals surface area contributed by atoms with E-state index in [1.54, 1.807) is 30.1 Å². The number of anilines is 1. The minimum Gasteiger partial charge on any atom is -0.395 e. The van der Waals surface area contributed by atoms with Crippen LogP contribution in [0.2, 0.25) is 0 Å². The van der Waals surface area contributed by atoms with Crippen molar-refractivity contribution in [3.8, 4) is 17.2 Å². The van der Waals surface area contributed by atoms with Gasteiger partial charge in [-0.05, 0) is 12.1 Å². The number of ether oxygens (including phenoxy) is 2. The number of hydrogen-bond acceptors (Lipinski definition) is 4. The standard InChI is InChI=1S/C11H9F2N3O2/c1-14-10-15-4-5-16(10)7-2-3-8-9(6-7)18-11(12,13)17-8/h2-6H,1H3,(H,14,15). The molecule has 3 rings (SSSR count). The molecule has 1 aliphatic heterocycles. The van der Waals surface area contributed by atoms with Crippen LogP contribution in [0.25, 0.3) is 5.69 Å². The van der Waals surface area contributed by atoms with E-state index in [4.69, 9.17) is 0 Å². The maximum atomic E-state index is 12.9. The molecule has 0 bridgehead atoms. The van der Waals surface area contributed by atoms with E-state index in [2.05, 4.69) is 19.8 Å². The molecule has 0 radical (unpaired) electrons. The number of imidazole rings is 1. The first-order valence-electron chi connectivity index (χ1n) is 5.20. The Kier molecular flexibility index (Phi) is 2.16. The van der Waals surface area contributed by atoms with Crippen molar-refractivity contribution in [3.63, 3.8) is 0 Å². The lowest BCUT2D eigenvalue weighted by Crippen LogP contribution is -2.25. The second kappa shape index (κ2) is 3.59. The number of rotatable bonds is 2. The highest BCUT2D eigenvalue weighted by Crippen LogP contribution is 2.41. The van der Waals surface area contributed by atoms with E-state index in [1.165, 1.54) is 12.1 Å². The Balaban J connectivity index is 2.02. The van der Waals surface area contributed by atoms with Gasteiger partial charge in [0.1, 0.15) is 0 Å². The van der Waals surface area contributed by atoms with Crippen molar-refractivity contribution in [2.75, 3.05) is 12.4 Å². The number of nitrogens with zero attached hydrogens (tertiary/aromatic N) is 2. The van der Waals surface area contributed by atoms with E-state index in [0.717, 1.165) is 0 Å². The lowest BCUT2D eigenvalue weighted by Gasteiger charge is -2.07. The monoisotopic (exact) mass is 253 g/mol. The van der Waals surface area contributed by atoms with Gasteiger partial charge in [-0.15, -0.1) is 8.78 Å². The summed E-state index contributed by atoms with van der Waals surface area (Å²) in [6.07, 6.45) is -0.283. The van der Waals surface area contributed by atoms with Crippen LogP contribution in [0.5, 0.6) is 11.5 Å². The Morgan fingerprint density at radius 1 is 1.28 bits per heavy atom. The molecule has 2 heterocycles. The largest absolute Gasteiger partial charge is 0.586 e. The molecule has 94 valence electrons. The summed E-state index contributed by atoms with van der Waals surface area (Å²) >= 11 is 0. The van der Waals surface area contributed by atoms with E-state index >= 15 is 0 Å². The van der Waals surface area contributed by atoms with Gasteiger partial charge in [0, 0.05) is 25.5 Å². The first-order valence-corrected chi connectivity index (χ1v) is 5.20. The van der Waals surface area contributed by atoms with Crippen molar-refractivity contribution in [1.29, 1.82) is 0 Å². The van der Waals surface area contributed by atoms with Gasteiger partial charge in [-0.25, -0.2) is 4.98 Å². The Morgan fingerprint density at radius 2 is 2.06 bits per heavy atom. The summed E-state index contributed by atoms with van der Waals surface area (Å²) in [5.41, 5.74) is 0.650. The van der Waals surface area contributed by atoms with Gasteiger partial charge in [0.05, 0.1) is 5.69 Å². The molecule has 2 aromatic rings. The smallest absolute Gasteiger partial charge is 0.395 e. The number of nitrogens with one attached hydrogen (secondary N) is 1. The molecule has 1 aliphatic rings. The third kappa shape index (κ3) is 1.64. The lowest BCUT2D eigenvalue weighted by atomic mass is 10.3. The Hall–Kier alpha value is -2.31. The fourth-order valence-corrected chi connectivity index (χ4v) is 1.78. The van der Waals surface area contributed by atoms with Crippen molar-refractivity contribution in [2.24, 2.45) is 0 Å². The summed E-state index contributed by atoms with van der Waals surface area (Å²) in [6, 6.07) is 4.55. The topological polar surface area (TPSA) is 48.3 Å². The van der Waals surface area contributed by atoms with E-state index in [9.17, 15) is 8.78 Å². The van der Waals surface area contributed by atoms with Crippen LogP contribution in [0.4, 0.5) is 14.7 Å². The van der Waals surface area contributed by atoms with Gasteiger partial charge in [0.2, 0.25) is 5.95 Å². The van der Waals surface area contributed by atoms with Gasteiger partial charge in [-0.3, -0.25) is 4.57 Å². The van der Waals surface area contributed by atoms with Gasteiger partial charge in [-0.2, -0.15) is 0 Å². The zero-order chi connectivity index (χ0) is 12.8. The van der Waals surface area contributed by atoms with Crippen molar-refractivity contribution in [3.05, 3.63) is 30.6 Å². The SMILES string of the molecule is CNc1nccn1-c1ccc2c(c1)OC(F)(F)O2. The quantitative estimate of drug-likeness (QED) is 0.891. The maximum Gasteiger partial charge on any atom is 0.586 e. The molecule has 0 saturated heterocycles. The number of aromatic nitrogens is 2. The highest BCUT2D eigenvalue weighted by molar-refractivity contribution is 5.52. The van der Waals surface area contributed by atoms with Crippen LogP contribution in [0.1, 0.15) is 0 Å². The molecule has 0 spiro atoms. The molecule has 1 aromatic heterocycles. The summed E-state index contributed by atoms with van der Waals surface area (Å²) < 4.78 is 36.2. The zero-order valence-electron chi connectivity index (χ0n) is 9.35. The number of hydrogen-bond donors (Lipinski definition) is 1. The van der Waals surface area contributed by atoms with Gasteiger partial charge >= 0.3 is 6.29 Å². The second-order valence-corrected chi connectivity index (χ2v) is 3.67. The summed E-state index contributed by atoms with van der Waals surface area (Å²) in [7, 11) is 1.72. The lowest BCUT2D eigenvalue weighted by molar-refractivity contribution is -0.286. The van der Waals surface area contributed by atoms with Crippen LogP contribution in [-0.4, -0.2) is 22.9 Å². The Bertz CT molecular complexity index is 598. The van der Waals surface area contributed by atoms with Crippen molar-refractivity contribution < 1.29 is 18.3 Å². The molecule has 0 saturated carbocycles. The average Bonchev–Trinajstić information content (AvgIpc) is 2.88. The van der Waals surface area contributed by atoms with E-state index in [1.807, 2.05) is 0 Å². The van der Waals surface area contributed by atoms with Crippen LogP contribution in [0.3, 0.4) is 0 Å². The second-order valence-electron chi connectivity index (χ2n) is 3.67. The normalized spacial score (nSPS) is 15.7. The molecule has 7 heteroatoms. The molecule has 1 N–H and O–H groups in total. The molecule has 0 amide bonds. The first-order chi connectivity index (χ1) is 8.59. The van der Waals surface area contributed by atoms with E-state index in [0.29, 0.717) is 11.6 Å². The van der Waals surface area contributed by atoms with Crippen LogP contribution >= 0.6 is 0 Å². The zero-order valence-corrected chi connectivity index (χ0v) is 9.35.